The fraction of sp³-hybridized carbons (Fsp3) is 0.357. The fourth-order valence-electron chi connectivity index (χ4n) is 2.21. The second-order valence-corrected chi connectivity index (χ2v) is 5.64. The quantitative estimate of drug-likeness (QED) is 0.642. The first kappa shape index (κ1) is 14.0. The zero-order valence-corrected chi connectivity index (χ0v) is 11.9. The van der Waals surface area contributed by atoms with Gasteiger partial charge in [0.25, 0.3) is 5.91 Å². The Kier molecular flexibility index (Phi) is 3.65. The third-order valence-electron chi connectivity index (χ3n) is 3.55. The lowest BCUT2D eigenvalue weighted by molar-refractivity contribution is -0.124. The Morgan fingerprint density at radius 3 is 2.48 bits per heavy atom. The van der Waals surface area contributed by atoms with Gasteiger partial charge in [-0.1, -0.05) is 11.6 Å². The summed E-state index contributed by atoms with van der Waals surface area (Å²) in [6.07, 6.45) is 1.77. The van der Waals surface area contributed by atoms with Crippen LogP contribution in [0.4, 0.5) is 5.69 Å². The molecule has 0 aromatic heterocycles. The van der Waals surface area contributed by atoms with Gasteiger partial charge in [0.15, 0.2) is 0 Å². The molecule has 3 rings (SSSR count). The molecule has 21 heavy (non-hydrogen) atoms. The number of nitrogens with zero attached hydrogens (tertiary/aromatic N) is 1. The van der Waals surface area contributed by atoms with Crippen molar-refractivity contribution in [3.05, 3.63) is 29.3 Å². The van der Waals surface area contributed by atoms with Crippen molar-refractivity contribution in [3.63, 3.8) is 0 Å². The predicted molar refractivity (Wildman–Crippen MR) is 76.4 cm³/mol. The maximum Gasteiger partial charge on any atom is 0.253 e. The van der Waals surface area contributed by atoms with Gasteiger partial charge >= 0.3 is 0 Å². The molecule has 7 heteroatoms. The van der Waals surface area contributed by atoms with Gasteiger partial charge in [-0.3, -0.25) is 19.8 Å². The van der Waals surface area contributed by atoms with Crippen LogP contribution in [0.2, 0.25) is 5.02 Å². The van der Waals surface area contributed by atoms with Crippen molar-refractivity contribution in [1.29, 1.82) is 0 Å². The van der Waals surface area contributed by atoms with E-state index in [0.717, 1.165) is 17.7 Å². The van der Waals surface area contributed by atoms with E-state index in [4.69, 9.17) is 11.6 Å². The monoisotopic (exact) mass is 307 g/mol. The smallest absolute Gasteiger partial charge is 0.253 e. The summed E-state index contributed by atoms with van der Waals surface area (Å²) < 4.78 is 0. The highest BCUT2D eigenvalue weighted by molar-refractivity contribution is 6.30. The third kappa shape index (κ3) is 2.91. The first-order valence-corrected chi connectivity index (χ1v) is 7.12. The number of hydrogen-bond acceptors (Lipinski definition) is 4. The first-order chi connectivity index (χ1) is 10.1. The van der Waals surface area contributed by atoms with Gasteiger partial charge in [0.05, 0.1) is 12.1 Å². The Morgan fingerprint density at radius 2 is 1.86 bits per heavy atom. The van der Waals surface area contributed by atoms with Crippen LogP contribution in [0.5, 0.6) is 0 Å². The molecule has 1 saturated heterocycles. The molecule has 1 aliphatic heterocycles. The van der Waals surface area contributed by atoms with Crippen LogP contribution in [-0.2, 0) is 14.4 Å². The first-order valence-electron chi connectivity index (χ1n) is 6.74. The van der Waals surface area contributed by atoms with E-state index in [1.165, 1.54) is 0 Å². The van der Waals surface area contributed by atoms with Gasteiger partial charge in [0.2, 0.25) is 11.8 Å². The van der Waals surface area contributed by atoms with Crippen LogP contribution in [0.3, 0.4) is 0 Å². The topological polar surface area (TPSA) is 78.5 Å². The number of imide groups is 1. The van der Waals surface area contributed by atoms with E-state index in [1.54, 1.807) is 24.3 Å². The number of carbonyl (C=O) groups excluding carboxylic acids is 3. The molecule has 2 N–H and O–H groups in total. The minimum Gasteiger partial charge on any atom is -0.291 e. The van der Waals surface area contributed by atoms with Gasteiger partial charge in [-0.15, -0.1) is 0 Å². The van der Waals surface area contributed by atoms with E-state index in [1.807, 2.05) is 0 Å². The number of carbonyl (C=O) groups is 3. The largest absolute Gasteiger partial charge is 0.291 e. The van der Waals surface area contributed by atoms with Gasteiger partial charge in [-0.2, -0.15) is 0 Å². The summed E-state index contributed by atoms with van der Waals surface area (Å²) in [6, 6.07) is 5.74. The molecule has 1 saturated carbocycles. The molecule has 3 amide bonds. The van der Waals surface area contributed by atoms with E-state index >= 15 is 0 Å². The summed E-state index contributed by atoms with van der Waals surface area (Å²) >= 11 is 5.79. The highest BCUT2D eigenvalue weighted by Crippen LogP contribution is 2.28. The van der Waals surface area contributed by atoms with Crippen LogP contribution in [0, 0.1) is 5.92 Å². The van der Waals surface area contributed by atoms with Gasteiger partial charge < -0.3 is 0 Å². The minimum absolute atomic E-state index is 0.0202. The van der Waals surface area contributed by atoms with Gasteiger partial charge in [-0.05, 0) is 37.1 Å². The molecule has 1 unspecified atom stereocenters. The molecule has 1 aromatic carbocycles. The van der Waals surface area contributed by atoms with Crippen molar-refractivity contribution in [3.8, 4) is 0 Å². The van der Waals surface area contributed by atoms with Crippen LogP contribution in [0.15, 0.2) is 24.3 Å². The molecular weight excluding hydrogens is 294 g/mol. The van der Waals surface area contributed by atoms with Gasteiger partial charge in [0, 0.05) is 10.9 Å². The van der Waals surface area contributed by atoms with Crippen molar-refractivity contribution in [1.82, 2.24) is 10.9 Å². The average molecular weight is 308 g/mol. The molecular formula is C14H14ClN3O3. The van der Waals surface area contributed by atoms with E-state index in [-0.39, 0.29) is 30.1 Å². The fourth-order valence-corrected chi connectivity index (χ4v) is 2.34. The Labute approximate surface area is 126 Å². The normalized spacial score (nSPS) is 21.8. The molecule has 2 aliphatic rings. The SMILES string of the molecule is O=C(NNC1CC(=O)N(c2ccc(Cl)cc2)C1=O)C1CC1. The number of hydrazine groups is 1. The average Bonchev–Trinajstić information content (AvgIpc) is 3.26. The standard InChI is InChI=1S/C14H14ClN3O3/c15-9-3-5-10(6-4-9)18-12(19)7-11(14(18)21)16-17-13(20)8-1-2-8/h3-6,8,11,16H,1-2,7H2,(H,17,20). The van der Waals surface area contributed by atoms with Crippen LogP contribution in [0.25, 0.3) is 0 Å². The maximum absolute atomic E-state index is 12.3. The third-order valence-corrected chi connectivity index (χ3v) is 3.80. The predicted octanol–water partition coefficient (Wildman–Crippen LogP) is 1.00. The molecule has 1 heterocycles. The number of anilines is 1. The van der Waals surface area contributed by atoms with Crippen LogP contribution in [-0.4, -0.2) is 23.8 Å². The lowest BCUT2D eigenvalue weighted by Gasteiger charge is -2.15. The van der Waals surface area contributed by atoms with E-state index in [2.05, 4.69) is 10.9 Å². The summed E-state index contributed by atoms with van der Waals surface area (Å²) in [6.45, 7) is 0. The highest BCUT2D eigenvalue weighted by atomic mass is 35.5. The second-order valence-electron chi connectivity index (χ2n) is 5.21. The maximum atomic E-state index is 12.3. The summed E-state index contributed by atoms with van der Waals surface area (Å²) in [5.41, 5.74) is 5.64. The number of hydrogen-bond donors (Lipinski definition) is 2. The van der Waals surface area contributed by atoms with E-state index in [9.17, 15) is 14.4 Å². The molecule has 6 nitrogen and oxygen atoms in total. The number of nitrogens with one attached hydrogen (secondary N) is 2. The molecule has 0 radical (unpaired) electrons. The highest BCUT2D eigenvalue weighted by Gasteiger charge is 2.40. The molecule has 1 atom stereocenters. The summed E-state index contributed by atoms with van der Waals surface area (Å²) in [5, 5.41) is 0.532. The zero-order valence-electron chi connectivity index (χ0n) is 11.1. The Bertz CT molecular complexity index is 598. The van der Waals surface area contributed by atoms with E-state index in [0.29, 0.717) is 10.7 Å². The van der Waals surface area contributed by atoms with Gasteiger partial charge in [0.1, 0.15) is 6.04 Å². The molecule has 2 fully saturated rings. The summed E-state index contributed by atoms with van der Waals surface area (Å²) in [5.74, 6) is -0.767. The van der Waals surface area contributed by atoms with Crippen molar-refractivity contribution in [2.45, 2.75) is 25.3 Å². The molecule has 1 aromatic rings. The lowest BCUT2D eigenvalue weighted by atomic mass is 10.2. The van der Waals surface area contributed by atoms with Crippen LogP contribution < -0.4 is 15.8 Å². The van der Waals surface area contributed by atoms with Crippen LogP contribution >= 0.6 is 11.6 Å². The Hall–Kier alpha value is -1.92. The second kappa shape index (κ2) is 5.46. The number of amides is 3. The van der Waals surface area contributed by atoms with Crippen molar-refractivity contribution in [2.24, 2.45) is 5.92 Å². The number of benzene rings is 1. The lowest BCUT2D eigenvalue weighted by Crippen LogP contribution is -2.48. The van der Waals surface area contributed by atoms with Crippen molar-refractivity contribution < 1.29 is 14.4 Å². The molecule has 110 valence electrons. The van der Waals surface area contributed by atoms with Crippen molar-refractivity contribution >= 4 is 35.0 Å². The zero-order chi connectivity index (χ0) is 15.0. The molecule has 1 aliphatic carbocycles. The van der Waals surface area contributed by atoms with Gasteiger partial charge in [-0.25, -0.2) is 10.3 Å². The molecule has 0 spiro atoms. The summed E-state index contributed by atoms with van der Waals surface area (Å²) in [7, 11) is 0. The number of halogens is 1. The molecule has 0 bridgehead atoms. The summed E-state index contributed by atoms with van der Waals surface area (Å²) in [4.78, 5) is 36.9. The minimum atomic E-state index is -0.726. The van der Waals surface area contributed by atoms with E-state index < -0.39 is 6.04 Å². The Morgan fingerprint density at radius 1 is 1.19 bits per heavy atom. The van der Waals surface area contributed by atoms with Crippen LogP contribution in [0.1, 0.15) is 19.3 Å². The van der Waals surface area contributed by atoms with Crippen molar-refractivity contribution in [2.75, 3.05) is 4.90 Å². The number of rotatable bonds is 4. The Balaban J connectivity index is 1.66.